The van der Waals surface area contributed by atoms with Crippen LogP contribution >= 0.6 is 0 Å². The molecule has 1 aromatic carbocycles. The van der Waals surface area contributed by atoms with Crippen molar-refractivity contribution < 1.29 is 15.0 Å². The quantitative estimate of drug-likeness (QED) is 0.863. The molecule has 0 saturated carbocycles. The summed E-state index contributed by atoms with van der Waals surface area (Å²) in [6.07, 6.45) is 2.50. The molecule has 1 saturated heterocycles. The molecule has 2 N–H and O–H groups in total. The van der Waals surface area contributed by atoms with Crippen molar-refractivity contribution in [2.45, 2.75) is 38.1 Å². The van der Waals surface area contributed by atoms with Crippen LogP contribution in [-0.2, 0) is 11.2 Å². The Bertz CT molecular complexity index is 528. The van der Waals surface area contributed by atoms with Crippen LogP contribution in [0.1, 0.15) is 36.8 Å². The van der Waals surface area contributed by atoms with Crippen LogP contribution in [0, 0.1) is 5.92 Å². The maximum atomic E-state index is 12.3. The fraction of sp³-hybridized carbons (Fsp3) is 0.562. The maximum absolute atomic E-state index is 12.3. The Kier molecular flexibility index (Phi) is 3.42. The first kappa shape index (κ1) is 13.4. The van der Waals surface area contributed by atoms with E-state index in [0.717, 1.165) is 24.8 Å². The van der Waals surface area contributed by atoms with Crippen molar-refractivity contribution in [2.75, 3.05) is 13.2 Å². The number of likely N-dealkylation sites (tertiary alicyclic amines) is 1. The van der Waals surface area contributed by atoms with E-state index in [1.54, 1.807) is 6.07 Å². The van der Waals surface area contributed by atoms with Crippen molar-refractivity contribution in [1.29, 1.82) is 0 Å². The molecule has 1 fully saturated rings. The summed E-state index contributed by atoms with van der Waals surface area (Å²) >= 11 is 0. The van der Waals surface area contributed by atoms with Gasteiger partial charge in [0.15, 0.2) is 0 Å². The fourth-order valence-corrected chi connectivity index (χ4v) is 3.88. The van der Waals surface area contributed by atoms with E-state index in [1.807, 2.05) is 17.9 Å². The van der Waals surface area contributed by atoms with E-state index in [4.69, 9.17) is 0 Å². The largest absolute Gasteiger partial charge is 0.508 e. The molecule has 1 aliphatic carbocycles. The van der Waals surface area contributed by atoms with E-state index in [-0.39, 0.29) is 30.4 Å². The molecule has 1 amide bonds. The number of hydrogen-bond acceptors (Lipinski definition) is 3. The first-order chi connectivity index (χ1) is 9.63. The van der Waals surface area contributed by atoms with Gasteiger partial charge in [-0.15, -0.1) is 0 Å². The molecule has 1 aliphatic heterocycles. The lowest BCUT2D eigenvalue weighted by Gasteiger charge is -2.46. The van der Waals surface area contributed by atoms with Gasteiger partial charge in [-0.1, -0.05) is 19.1 Å². The summed E-state index contributed by atoms with van der Waals surface area (Å²) in [7, 11) is 0. The Balaban J connectivity index is 1.99. The van der Waals surface area contributed by atoms with E-state index >= 15 is 0 Å². The van der Waals surface area contributed by atoms with Crippen LogP contribution < -0.4 is 0 Å². The first-order valence-electron chi connectivity index (χ1n) is 7.35. The molecule has 4 nitrogen and oxygen atoms in total. The SMILES string of the molecule is CC1CC2c3cccc(O)c3CCC2N(CCO)C1=O. The van der Waals surface area contributed by atoms with Crippen LogP contribution in [0.25, 0.3) is 0 Å². The molecule has 0 bridgehead atoms. The molecule has 2 aliphatic rings. The summed E-state index contributed by atoms with van der Waals surface area (Å²) < 4.78 is 0. The van der Waals surface area contributed by atoms with Gasteiger partial charge < -0.3 is 15.1 Å². The lowest BCUT2D eigenvalue weighted by Crippen LogP contribution is -2.53. The van der Waals surface area contributed by atoms with Gasteiger partial charge in [-0.3, -0.25) is 4.79 Å². The zero-order chi connectivity index (χ0) is 14.3. The van der Waals surface area contributed by atoms with E-state index in [9.17, 15) is 15.0 Å². The number of piperidine rings is 1. The minimum absolute atomic E-state index is 0.00851. The fourth-order valence-electron chi connectivity index (χ4n) is 3.88. The standard InChI is InChI=1S/C16H21NO3/c1-10-9-13-11-3-2-4-15(19)12(11)5-6-14(13)17(7-8-18)16(10)20/h2-4,10,13-14,18-19H,5-9H2,1H3. The number of benzene rings is 1. The van der Waals surface area contributed by atoms with Gasteiger partial charge in [0.2, 0.25) is 5.91 Å². The van der Waals surface area contributed by atoms with Gasteiger partial charge >= 0.3 is 0 Å². The molecule has 0 aromatic heterocycles. The number of aliphatic hydroxyl groups is 1. The van der Waals surface area contributed by atoms with Crippen LogP contribution in [0.5, 0.6) is 5.75 Å². The monoisotopic (exact) mass is 275 g/mol. The van der Waals surface area contributed by atoms with E-state index in [2.05, 4.69) is 6.07 Å². The number of carbonyl (C=O) groups excluding carboxylic acids is 1. The van der Waals surface area contributed by atoms with E-state index < -0.39 is 0 Å². The van der Waals surface area contributed by atoms with Crippen molar-refractivity contribution in [3.63, 3.8) is 0 Å². The predicted octanol–water partition coefficient (Wildman–Crippen LogP) is 1.65. The summed E-state index contributed by atoms with van der Waals surface area (Å²) in [5.74, 6) is 0.796. The summed E-state index contributed by atoms with van der Waals surface area (Å²) in [5.41, 5.74) is 2.22. The van der Waals surface area contributed by atoms with Crippen LogP contribution in [-0.4, -0.2) is 40.2 Å². The second-order valence-electron chi connectivity index (χ2n) is 5.95. The number of nitrogens with zero attached hydrogens (tertiary/aromatic N) is 1. The highest BCUT2D eigenvalue weighted by molar-refractivity contribution is 5.80. The molecule has 4 heteroatoms. The van der Waals surface area contributed by atoms with Crippen molar-refractivity contribution in [1.82, 2.24) is 4.90 Å². The second-order valence-corrected chi connectivity index (χ2v) is 5.95. The number of phenols is 1. The van der Waals surface area contributed by atoms with Gasteiger partial charge in [0, 0.05) is 24.4 Å². The Hall–Kier alpha value is -1.55. The highest BCUT2D eigenvalue weighted by atomic mass is 16.3. The van der Waals surface area contributed by atoms with Gasteiger partial charge in [-0.05, 0) is 36.5 Å². The molecular weight excluding hydrogens is 254 g/mol. The van der Waals surface area contributed by atoms with Crippen molar-refractivity contribution in [3.05, 3.63) is 29.3 Å². The van der Waals surface area contributed by atoms with Crippen LogP contribution in [0.2, 0.25) is 0 Å². The van der Waals surface area contributed by atoms with Crippen molar-refractivity contribution >= 4 is 5.91 Å². The van der Waals surface area contributed by atoms with Gasteiger partial charge in [-0.2, -0.15) is 0 Å². The molecule has 0 radical (unpaired) electrons. The number of aliphatic hydroxyl groups excluding tert-OH is 1. The second kappa shape index (κ2) is 5.09. The van der Waals surface area contributed by atoms with Gasteiger partial charge in [0.25, 0.3) is 0 Å². The molecular formula is C16H21NO3. The lowest BCUT2D eigenvalue weighted by atomic mass is 9.71. The Morgan fingerprint density at radius 2 is 2.20 bits per heavy atom. The summed E-state index contributed by atoms with van der Waals surface area (Å²) in [6, 6.07) is 5.86. The minimum atomic E-state index is -0.0175. The average Bonchev–Trinajstić information content (AvgIpc) is 2.44. The number of carbonyl (C=O) groups is 1. The normalized spacial score (nSPS) is 29.0. The van der Waals surface area contributed by atoms with Gasteiger partial charge in [0.05, 0.1) is 6.61 Å². The highest BCUT2D eigenvalue weighted by Crippen LogP contribution is 2.44. The Morgan fingerprint density at radius 3 is 2.95 bits per heavy atom. The molecule has 3 rings (SSSR count). The number of phenolic OH excluding ortho intramolecular Hbond substituents is 1. The van der Waals surface area contributed by atoms with Crippen LogP contribution in [0.4, 0.5) is 0 Å². The average molecular weight is 275 g/mol. The first-order valence-corrected chi connectivity index (χ1v) is 7.35. The van der Waals surface area contributed by atoms with Gasteiger partial charge in [-0.25, -0.2) is 0 Å². The van der Waals surface area contributed by atoms with Crippen molar-refractivity contribution in [2.24, 2.45) is 5.92 Å². The Labute approximate surface area is 119 Å². The van der Waals surface area contributed by atoms with E-state index in [1.165, 1.54) is 5.56 Å². The summed E-state index contributed by atoms with van der Waals surface area (Å²) in [6.45, 7) is 2.38. The zero-order valence-electron chi connectivity index (χ0n) is 11.7. The van der Waals surface area contributed by atoms with Crippen molar-refractivity contribution in [3.8, 4) is 5.75 Å². The molecule has 3 unspecified atom stereocenters. The molecule has 1 heterocycles. The minimum Gasteiger partial charge on any atom is -0.508 e. The molecule has 0 spiro atoms. The molecule has 108 valence electrons. The molecule has 20 heavy (non-hydrogen) atoms. The smallest absolute Gasteiger partial charge is 0.225 e. The number of fused-ring (bicyclic) bond motifs is 3. The van der Waals surface area contributed by atoms with E-state index in [0.29, 0.717) is 12.3 Å². The summed E-state index contributed by atoms with van der Waals surface area (Å²) in [5, 5.41) is 19.2. The third-order valence-corrected chi connectivity index (χ3v) is 4.79. The third-order valence-electron chi connectivity index (χ3n) is 4.79. The lowest BCUT2D eigenvalue weighted by molar-refractivity contribution is -0.143. The predicted molar refractivity (Wildman–Crippen MR) is 75.5 cm³/mol. The number of aromatic hydroxyl groups is 1. The number of amides is 1. The summed E-state index contributed by atoms with van der Waals surface area (Å²) in [4.78, 5) is 14.2. The maximum Gasteiger partial charge on any atom is 0.225 e. The topological polar surface area (TPSA) is 60.8 Å². The van der Waals surface area contributed by atoms with Crippen LogP contribution in [0.15, 0.2) is 18.2 Å². The molecule has 3 atom stereocenters. The zero-order valence-corrected chi connectivity index (χ0v) is 11.7. The number of β-amino-alcohol motifs (C(OH)–C–C–N with tert-alkyl or cyclic N) is 1. The number of hydrogen-bond donors (Lipinski definition) is 2. The van der Waals surface area contributed by atoms with Crippen LogP contribution in [0.3, 0.4) is 0 Å². The Morgan fingerprint density at radius 1 is 1.40 bits per heavy atom. The number of rotatable bonds is 2. The van der Waals surface area contributed by atoms with Gasteiger partial charge in [0.1, 0.15) is 5.75 Å². The molecule has 1 aromatic rings. The highest BCUT2D eigenvalue weighted by Gasteiger charge is 2.42. The third kappa shape index (κ3) is 1.99.